The van der Waals surface area contributed by atoms with Gasteiger partial charge in [-0.3, -0.25) is 0 Å². The minimum Gasteiger partial charge on any atom is -0.497 e. The van der Waals surface area contributed by atoms with Crippen LogP contribution in [0.3, 0.4) is 0 Å². The van der Waals surface area contributed by atoms with E-state index < -0.39 is 5.60 Å². The lowest BCUT2D eigenvalue weighted by molar-refractivity contribution is 0.00809. The van der Waals surface area contributed by atoms with E-state index in [2.05, 4.69) is 5.32 Å². The van der Waals surface area contributed by atoms with Gasteiger partial charge < -0.3 is 19.9 Å². The Morgan fingerprint density at radius 2 is 2.15 bits per heavy atom. The van der Waals surface area contributed by atoms with Gasteiger partial charge in [0.1, 0.15) is 18.1 Å². The van der Waals surface area contributed by atoms with Gasteiger partial charge in [-0.15, -0.1) is 0 Å². The van der Waals surface area contributed by atoms with Gasteiger partial charge in [-0.2, -0.15) is 0 Å². The molecule has 0 amide bonds. The number of rotatable bonds is 8. The van der Waals surface area contributed by atoms with Crippen LogP contribution in [0, 0.1) is 0 Å². The fraction of sp³-hybridized carbons (Fsp3) is 0.625. The first-order chi connectivity index (χ1) is 9.54. The predicted molar refractivity (Wildman–Crippen MR) is 79.3 cm³/mol. The van der Waals surface area contributed by atoms with Crippen LogP contribution in [0.15, 0.2) is 18.2 Å². The van der Waals surface area contributed by atoms with Crippen molar-refractivity contribution in [1.29, 1.82) is 0 Å². The summed E-state index contributed by atoms with van der Waals surface area (Å²) in [6, 6.07) is 6.50. The summed E-state index contributed by atoms with van der Waals surface area (Å²) in [6.45, 7) is 4.81. The lowest BCUT2D eigenvalue weighted by Crippen LogP contribution is -2.31. The number of aliphatic hydroxyl groups is 1. The van der Waals surface area contributed by atoms with Crippen LogP contribution in [0.5, 0.6) is 11.5 Å². The van der Waals surface area contributed by atoms with Crippen LogP contribution in [0.1, 0.15) is 38.7 Å². The molecule has 0 bridgehead atoms. The molecule has 0 saturated heterocycles. The Hall–Kier alpha value is -1.26. The lowest BCUT2D eigenvalue weighted by Gasteiger charge is -2.23. The van der Waals surface area contributed by atoms with Crippen molar-refractivity contribution in [3.63, 3.8) is 0 Å². The van der Waals surface area contributed by atoms with Crippen molar-refractivity contribution >= 4 is 0 Å². The van der Waals surface area contributed by atoms with E-state index in [1.807, 2.05) is 25.1 Å². The molecule has 2 rings (SSSR count). The molecule has 1 unspecified atom stereocenters. The quantitative estimate of drug-likeness (QED) is 0.767. The molecule has 1 saturated carbocycles. The van der Waals surface area contributed by atoms with E-state index in [1.165, 1.54) is 12.8 Å². The smallest absolute Gasteiger partial charge is 0.127 e. The van der Waals surface area contributed by atoms with E-state index in [1.54, 1.807) is 14.0 Å². The molecule has 112 valence electrons. The zero-order valence-corrected chi connectivity index (χ0v) is 12.6. The van der Waals surface area contributed by atoms with Crippen molar-refractivity contribution in [2.24, 2.45) is 0 Å². The van der Waals surface area contributed by atoms with Crippen LogP contribution >= 0.6 is 0 Å². The van der Waals surface area contributed by atoms with Crippen molar-refractivity contribution in [2.45, 2.75) is 51.3 Å². The van der Waals surface area contributed by atoms with Crippen LogP contribution < -0.4 is 14.8 Å². The van der Waals surface area contributed by atoms with Gasteiger partial charge in [-0.1, -0.05) is 13.0 Å². The van der Waals surface area contributed by atoms with Crippen molar-refractivity contribution in [1.82, 2.24) is 5.32 Å². The lowest BCUT2D eigenvalue weighted by atomic mass is 10.1. The maximum Gasteiger partial charge on any atom is 0.127 e. The Balaban J connectivity index is 2.05. The van der Waals surface area contributed by atoms with Gasteiger partial charge in [0.25, 0.3) is 0 Å². The third kappa shape index (κ3) is 4.39. The second-order valence-corrected chi connectivity index (χ2v) is 5.77. The molecule has 4 heteroatoms. The second kappa shape index (κ2) is 6.46. The molecule has 2 N–H and O–H groups in total. The minimum atomic E-state index is -0.801. The van der Waals surface area contributed by atoms with Gasteiger partial charge in [-0.25, -0.2) is 0 Å². The van der Waals surface area contributed by atoms with Gasteiger partial charge in [-0.05, 0) is 32.3 Å². The normalized spacial score (nSPS) is 17.6. The monoisotopic (exact) mass is 279 g/mol. The summed E-state index contributed by atoms with van der Waals surface area (Å²) in [5.41, 5.74) is 0.300. The zero-order valence-electron chi connectivity index (χ0n) is 12.6. The first-order valence-electron chi connectivity index (χ1n) is 7.29. The SMILES string of the molecule is CCC(C)(O)COc1cc(OC)ccc1CNC1CC1. The summed E-state index contributed by atoms with van der Waals surface area (Å²) in [5.74, 6) is 1.55. The van der Waals surface area contributed by atoms with Crippen molar-refractivity contribution in [2.75, 3.05) is 13.7 Å². The Bertz CT molecular complexity index is 441. The maximum absolute atomic E-state index is 10.1. The molecule has 1 aromatic carbocycles. The van der Waals surface area contributed by atoms with Crippen LogP contribution in [0.2, 0.25) is 0 Å². The van der Waals surface area contributed by atoms with Crippen molar-refractivity contribution in [3.8, 4) is 11.5 Å². The highest BCUT2D eigenvalue weighted by molar-refractivity contribution is 5.40. The molecular formula is C16H25NO3. The standard InChI is InChI=1S/C16H25NO3/c1-4-16(2,18)11-20-15-9-14(19-3)8-5-12(15)10-17-13-6-7-13/h5,8-9,13,17-18H,4,6-7,10-11H2,1-3H3. The van der Waals surface area contributed by atoms with Gasteiger partial charge >= 0.3 is 0 Å². The van der Waals surface area contributed by atoms with Crippen LogP contribution in [-0.4, -0.2) is 30.5 Å². The molecule has 0 aromatic heterocycles. The summed E-state index contributed by atoms with van der Waals surface area (Å²) in [5, 5.41) is 13.5. The molecule has 1 atom stereocenters. The van der Waals surface area contributed by atoms with E-state index in [4.69, 9.17) is 9.47 Å². The van der Waals surface area contributed by atoms with Crippen LogP contribution in [0.25, 0.3) is 0 Å². The molecular weight excluding hydrogens is 254 g/mol. The van der Waals surface area contributed by atoms with Gasteiger partial charge in [0.2, 0.25) is 0 Å². The van der Waals surface area contributed by atoms with E-state index in [-0.39, 0.29) is 6.61 Å². The first-order valence-corrected chi connectivity index (χ1v) is 7.29. The average molecular weight is 279 g/mol. The van der Waals surface area contributed by atoms with E-state index in [9.17, 15) is 5.11 Å². The number of methoxy groups -OCH3 is 1. The largest absolute Gasteiger partial charge is 0.497 e. The predicted octanol–water partition coefficient (Wildman–Crippen LogP) is 2.49. The van der Waals surface area contributed by atoms with Gasteiger partial charge in [0.15, 0.2) is 0 Å². The van der Waals surface area contributed by atoms with E-state index in [0.29, 0.717) is 12.5 Å². The molecule has 0 heterocycles. The average Bonchev–Trinajstić information content (AvgIpc) is 3.27. The van der Waals surface area contributed by atoms with Crippen molar-refractivity contribution < 1.29 is 14.6 Å². The molecule has 4 nitrogen and oxygen atoms in total. The maximum atomic E-state index is 10.1. The molecule has 0 spiro atoms. The molecule has 1 aliphatic rings. The third-order valence-electron chi connectivity index (χ3n) is 3.73. The number of nitrogens with one attached hydrogen (secondary N) is 1. The summed E-state index contributed by atoms with van der Waals surface area (Å²) >= 11 is 0. The fourth-order valence-electron chi connectivity index (χ4n) is 1.82. The summed E-state index contributed by atoms with van der Waals surface area (Å²) in [7, 11) is 1.64. The minimum absolute atomic E-state index is 0.285. The summed E-state index contributed by atoms with van der Waals surface area (Å²) in [6.07, 6.45) is 3.18. The van der Waals surface area contributed by atoms with E-state index in [0.717, 1.165) is 23.6 Å². The second-order valence-electron chi connectivity index (χ2n) is 5.77. The van der Waals surface area contributed by atoms with Crippen molar-refractivity contribution in [3.05, 3.63) is 23.8 Å². The first kappa shape index (κ1) is 15.1. The van der Waals surface area contributed by atoms with E-state index >= 15 is 0 Å². The number of hydrogen-bond donors (Lipinski definition) is 2. The number of hydrogen-bond acceptors (Lipinski definition) is 4. The molecule has 0 aliphatic heterocycles. The van der Waals surface area contributed by atoms with Gasteiger partial charge in [0.05, 0.1) is 12.7 Å². The topological polar surface area (TPSA) is 50.7 Å². The highest BCUT2D eigenvalue weighted by Gasteiger charge is 2.22. The van der Waals surface area contributed by atoms with Crippen LogP contribution in [0.4, 0.5) is 0 Å². The number of benzene rings is 1. The van der Waals surface area contributed by atoms with Crippen LogP contribution in [-0.2, 0) is 6.54 Å². The summed E-state index contributed by atoms with van der Waals surface area (Å²) < 4.78 is 11.1. The fourth-order valence-corrected chi connectivity index (χ4v) is 1.82. The molecule has 1 fully saturated rings. The molecule has 20 heavy (non-hydrogen) atoms. The Kier molecular flexibility index (Phi) is 4.89. The zero-order chi connectivity index (χ0) is 14.6. The highest BCUT2D eigenvalue weighted by Crippen LogP contribution is 2.27. The Morgan fingerprint density at radius 1 is 1.40 bits per heavy atom. The summed E-state index contributed by atoms with van der Waals surface area (Å²) in [4.78, 5) is 0. The third-order valence-corrected chi connectivity index (χ3v) is 3.73. The molecule has 0 radical (unpaired) electrons. The molecule has 1 aromatic rings. The Morgan fingerprint density at radius 3 is 2.75 bits per heavy atom. The number of ether oxygens (including phenoxy) is 2. The molecule has 1 aliphatic carbocycles. The van der Waals surface area contributed by atoms with Gasteiger partial charge in [0, 0.05) is 24.2 Å². The highest BCUT2D eigenvalue weighted by atomic mass is 16.5. The Labute approximate surface area is 121 Å².